The molecule has 1 aromatic heterocycles. The molecule has 0 saturated heterocycles. The molecule has 2 N–H and O–H groups in total. The van der Waals surface area contributed by atoms with Crippen LogP contribution in [0.2, 0.25) is 0 Å². The number of nitrogens with one attached hydrogen (secondary N) is 2. The van der Waals surface area contributed by atoms with Crippen LogP contribution in [0.3, 0.4) is 0 Å². The zero-order chi connectivity index (χ0) is 25.6. The summed E-state index contributed by atoms with van der Waals surface area (Å²) < 4.78 is 34.2. The highest BCUT2D eigenvalue weighted by molar-refractivity contribution is 7.89. The highest BCUT2D eigenvalue weighted by Crippen LogP contribution is 2.29. The molecular formula is C27H33N3O4S. The lowest BCUT2D eigenvalue weighted by Gasteiger charge is -2.19. The molecule has 0 aliphatic rings. The average Bonchev–Trinajstić information content (AvgIpc) is 2.85. The number of benzene rings is 2. The summed E-state index contributed by atoms with van der Waals surface area (Å²) in [4.78, 5) is 16.8. The Bertz CT molecular complexity index is 1260. The van der Waals surface area contributed by atoms with Crippen LogP contribution in [0, 0.1) is 34.6 Å². The predicted molar refractivity (Wildman–Crippen MR) is 137 cm³/mol. The number of amides is 1. The van der Waals surface area contributed by atoms with E-state index in [4.69, 9.17) is 4.74 Å². The molecular weight excluding hydrogens is 462 g/mol. The van der Waals surface area contributed by atoms with Crippen molar-refractivity contribution in [3.63, 3.8) is 0 Å². The largest absolute Gasteiger partial charge is 0.487 e. The summed E-state index contributed by atoms with van der Waals surface area (Å²) in [5.41, 5.74) is 6.30. The van der Waals surface area contributed by atoms with Crippen molar-refractivity contribution in [2.45, 2.75) is 59.1 Å². The quantitative estimate of drug-likeness (QED) is 0.440. The van der Waals surface area contributed by atoms with Crippen LogP contribution in [0.1, 0.15) is 45.5 Å². The van der Waals surface area contributed by atoms with Crippen LogP contribution < -0.4 is 14.8 Å². The van der Waals surface area contributed by atoms with Crippen LogP contribution in [-0.2, 0) is 28.0 Å². The predicted octanol–water partition coefficient (Wildman–Crippen LogP) is 4.19. The lowest BCUT2D eigenvalue weighted by molar-refractivity contribution is -0.121. The Morgan fingerprint density at radius 2 is 1.51 bits per heavy atom. The van der Waals surface area contributed by atoms with Gasteiger partial charge in [0.25, 0.3) is 0 Å². The van der Waals surface area contributed by atoms with Crippen molar-refractivity contribution in [3.05, 3.63) is 87.7 Å². The van der Waals surface area contributed by atoms with E-state index in [1.54, 1.807) is 6.20 Å². The van der Waals surface area contributed by atoms with Crippen molar-refractivity contribution in [1.82, 2.24) is 15.0 Å². The Labute approximate surface area is 208 Å². The molecule has 8 heteroatoms. The van der Waals surface area contributed by atoms with Gasteiger partial charge in [-0.2, -0.15) is 0 Å². The number of sulfonamides is 1. The number of rotatable bonds is 10. The molecule has 0 saturated carbocycles. The fraction of sp³-hybridized carbons (Fsp3) is 0.333. The van der Waals surface area contributed by atoms with E-state index >= 15 is 0 Å². The van der Waals surface area contributed by atoms with E-state index in [0.29, 0.717) is 23.8 Å². The van der Waals surface area contributed by atoms with Crippen LogP contribution in [0.4, 0.5) is 0 Å². The third kappa shape index (κ3) is 6.68. The molecule has 7 nitrogen and oxygen atoms in total. The Morgan fingerprint density at radius 1 is 0.886 bits per heavy atom. The maximum Gasteiger partial charge on any atom is 0.241 e. The second-order valence-corrected chi connectivity index (χ2v) is 10.3. The minimum absolute atomic E-state index is 0.0271. The number of carbonyl (C=O) groups excluding carboxylic acids is 1. The van der Waals surface area contributed by atoms with Crippen molar-refractivity contribution in [2.24, 2.45) is 0 Å². The minimum Gasteiger partial charge on any atom is -0.487 e. The van der Waals surface area contributed by atoms with E-state index in [0.717, 1.165) is 39.1 Å². The Hall–Kier alpha value is -3.23. The van der Waals surface area contributed by atoms with Gasteiger partial charge in [-0.3, -0.25) is 9.78 Å². The fourth-order valence-electron chi connectivity index (χ4n) is 3.87. The second-order valence-electron chi connectivity index (χ2n) is 8.63. The van der Waals surface area contributed by atoms with Crippen molar-refractivity contribution in [2.75, 3.05) is 6.54 Å². The van der Waals surface area contributed by atoms with Gasteiger partial charge in [-0.05, 0) is 92.3 Å². The Balaban J connectivity index is 1.48. The third-order valence-corrected chi connectivity index (χ3v) is 8.10. The molecule has 0 bridgehead atoms. The lowest BCUT2D eigenvalue weighted by atomic mass is 9.95. The fourth-order valence-corrected chi connectivity index (χ4v) is 5.50. The summed E-state index contributed by atoms with van der Waals surface area (Å²) in [7, 11) is -3.72. The average molecular weight is 496 g/mol. The van der Waals surface area contributed by atoms with Crippen molar-refractivity contribution >= 4 is 15.9 Å². The van der Waals surface area contributed by atoms with E-state index in [9.17, 15) is 13.2 Å². The SMILES string of the molecule is Cc1c(C)c(C)c(S(=O)(=O)NCCC(=O)NCc2ccc(OCc3ccccn3)cc2)c(C)c1C. The summed E-state index contributed by atoms with van der Waals surface area (Å²) in [6.45, 7) is 10.3. The number of pyridine rings is 1. The lowest BCUT2D eigenvalue weighted by Crippen LogP contribution is -2.31. The summed E-state index contributed by atoms with van der Waals surface area (Å²) >= 11 is 0. The van der Waals surface area contributed by atoms with Gasteiger partial charge in [0.1, 0.15) is 12.4 Å². The Morgan fingerprint density at radius 3 is 2.11 bits per heavy atom. The molecule has 0 aliphatic heterocycles. The van der Waals surface area contributed by atoms with Gasteiger partial charge >= 0.3 is 0 Å². The van der Waals surface area contributed by atoms with Gasteiger partial charge in [0.2, 0.25) is 15.9 Å². The van der Waals surface area contributed by atoms with Gasteiger partial charge in [-0.15, -0.1) is 0 Å². The number of aromatic nitrogens is 1. The molecule has 3 aromatic rings. The highest BCUT2D eigenvalue weighted by atomic mass is 32.2. The zero-order valence-corrected chi connectivity index (χ0v) is 21.8. The minimum atomic E-state index is -3.72. The summed E-state index contributed by atoms with van der Waals surface area (Å²) in [6.07, 6.45) is 1.77. The van der Waals surface area contributed by atoms with Crippen molar-refractivity contribution < 1.29 is 17.9 Å². The van der Waals surface area contributed by atoms with Crippen molar-refractivity contribution in [3.8, 4) is 5.75 Å². The second kappa shape index (κ2) is 11.5. The van der Waals surface area contributed by atoms with Gasteiger partial charge in [-0.1, -0.05) is 18.2 Å². The van der Waals surface area contributed by atoms with Crippen LogP contribution >= 0.6 is 0 Å². The first kappa shape index (κ1) is 26.4. The normalized spacial score (nSPS) is 11.3. The highest BCUT2D eigenvalue weighted by Gasteiger charge is 2.23. The molecule has 0 atom stereocenters. The maximum absolute atomic E-state index is 13.0. The standard InChI is InChI=1S/C27H33N3O4S/c1-18-19(2)21(4)27(22(5)20(18)3)35(32,33)30-15-13-26(31)29-16-23-9-11-25(12-10-23)34-17-24-8-6-7-14-28-24/h6-12,14,30H,13,15-17H2,1-5H3,(H,29,31). The van der Waals surface area contributed by atoms with Gasteiger partial charge in [-0.25, -0.2) is 13.1 Å². The molecule has 1 heterocycles. The Kier molecular flexibility index (Phi) is 8.64. The molecule has 3 rings (SSSR count). The molecule has 1 amide bonds. The van der Waals surface area contributed by atoms with Crippen LogP contribution in [0.15, 0.2) is 53.6 Å². The molecule has 2 aromatic carbocycles. The third-order valence-electron chi connectivity index (χ3n) is 6.37. The number of hydrogen-bond donors (Lipinski definition) is 2. The molecule has 35 heavy (non-hydrogen) atoms. The van der Waals surface area contributed by atoms with Crippen LogP contribution in [0.5, 0.6) is 5.75 Å². The molecule has 0 spiro atoms. The molecule has 0 radical (unpaired) electrons. The molecule has 0 aliphatic carbocycles. The van der Waals surface area contributed by atoms with Gasteiger partial charge < -0.3 is 10.1 Å². The molecule has 0 unspecified atom stereocenters. The smallest absolute Gasteiger partial charge is 0.241 e. The number of carbonyl (C=O) groups is 1. The maximum atomic E-state index is 13.0. The summed E-state index contributed by atoms with van der Waals surface area (Å²) in [6, 6.07) is 13.1. The van der Waals surface area contributed by atoms with E-state index < -0.39 is 10.0 Å². The van der Waals surface area contributed by atoms with Gasteiger partial charge in [0.05, 0.1) is 10.6 Å². The topological polar surface area (TPSA) is 97.4 Å². The molecule has 0 fully saturated rings. The van der Waals surface area contributed by atoms with E-state index in [1.807, 2.05) is 77.1 Å². The first-order valence-electron chi connectivity index (χ1n) is 11.5. The van der Waals surface area contributed by atoms with Crippen LogP contribution in [0.25, 0.3) is 0 Å². The van der Waals surface area contributed by atoms with Gasteiger partial charge in [0, 0.05) is 25.7 Å². The first-order chi connectivity index (χ1) is 16.6. The number of hydrogen-bond acceptors (Lipinski definition) is 5. The van der Waals surface area contributed by atoms with Gasteiger partial charge in [0.15, 0.2) is 0 Å². The monoisotopic (exact) mass is 495 g/mol. The van der Waals surface area contributed by atoms with Crippen LogP contribution in [-0.4, -0.2) is 25.9 Å². The summed E-state index contributed by atoms with van der Waals surface area (Å²) in [5.74, 6) is 0.486. The number of ether oxygens (including phenoxy) is 1. The van der Waals surface area contributed by atoms with E-state index in [1.165, 1.54) is 0 Å². The molecule has 186 valence electrons. The number of nitrogens with zero attached hydrogens (tertiary/aromatic N) is 1. The van der Waals surface area contributed by atoms with E-state index in [-0.39, 0.29) is 18.9 Å². The van der Waals surface area contributed by atoms with Crippen molar-refractivity contribution in [1.29, 1.82) is 0 Å². The zero-order valence-electron chi connectivity index (χ0n) is 20.9. The first-order valence-corrected chi connectivity index (χ1v) is 13.0. The van der Waals surface area contributed by atoms with E-state index in [2.05, 4.69) is 15.0 Å². The summed E-state index contributed by atoms with van der Waals surface area (Å²) in [5, 5.41) is 2.83.